The Labute approximate surface area is 169 Å². The summed E-state index contributed by atoms with van der Waals surface area (Å²) in [5.74, 6) is -0.781. The molecular weight excluding hydrogens is 388 g/mol. The zero-order valence-corrected chi connectivity index (χ0v) is 17.2. The van der Waals surface area contributed by atoms with Crippen LogP contribution in [0.2, 0.25) is 5.02 Å². The van der Waals surface area contributed by atoms with E-state index in [4.69, 9.17) is 25.8 Å². The number of rotatable bonds is 5. The van der Waals surface area contributed by atoms with Gasteiger partial charge in [-0.05, 0) is 32.9 Å². The normalized spacial score (nSPS) is 13.3. The van der Waals surface area contributed by atoms with Crippen LogP contribution in [0.15, 0.2) is 12.1 Å². The van der Waals surface area contributed by atoms with Gasteiger partial charge in [-0.3, -0.25) is 9.59 Å². The zero-order valence-electron chi connectivity index (χ0n) is 16.5. The third-order valence-corrected chi connectivity index (χ3v) is 3.97. The van der Waals surface area contributed by atoms with E-state index < -0.39 is 24.0 Å². The zero-order chi connectivity index (χ0) is 20.9. The van der Waals surface area contributed by atoms with Gasteiger partial charge in [-0.2, -0.15) is 0 Å². The average Bonchev–Trinajstić information content (AvgIpc) is 2.83. The van der Waals surface area contributed by atoms with Crippen LogP contribution >= 0.6 is 11.6 Å². The van der Waals surface area contributed by atoms with Crippen molar-refractivity contribution in [3.05, 3.63) is 22.7 Å². The van der Waals surface area contributed by atoms with E-state index in [0.717, 1.165) is 0 Å². The number of ether oxygens (including phenoxy) is 3. The first kappa shape index (κ1) is 21.8. The second-order valence-corrected chi connectivity index (χ2v) is 7.87. The minimum Gasteiger partial charge on any atom is -0.489 e. The van der Waals surface area contributed by atoms with E-state index in [1.807, 2.05) is 20.8 Å². The summed E-state index contributed by atoms with van der Waals surface area (Å²) in [7, 11) is 1.46. The summed E-state index contributed by atoms with van der Waals surface area (Å²) < 4.78 is 16.1. The van der Waals surface area contributed by atoms with Crippen molar-refractivity contribution < 1.29 is 28.6 Å². The number of likely N-dealkylation sites (N-methyl/N-ethyl adjacent to an activating group) is 1. The maximum atomic E-state index is 12.3. The SMILES string of the molecule is CN(CC(=O)NC(C)(C)C)C(=O)COC(=O)c1cc(Cl)c2c(c1)OCCCO2. The Morgan fingerprint density at radius 1 is 1.21 bits per heavy atom. The van der Waals surface area contributed by atoms with Gasteiger partial charge in [-0.25, -0.2) is 4.79 Å². The molecule has 2 amide bonds. The highest BCUT2D eigenvalue weighted by atomic mass is 35.5. The molecule has 0 radical (unpaired) electrons. The monoisotopic (exact) mass is 412 g/mol. The molecule has 0 atom stereocenters. The Balaban J connectivity index is 1.93. The number of amides is 2. The topological polar surface area (TPSA) is 94.2 Å². The van der Waals surface area contributed by atoms with Crippen LogP contribution < -0.4 is 14.8 Å². The Kier molecular flexibility index (Phi) is 7.12. The van der Waals surface area contributed by atoms with Crippen LogP contribution in [-0.2, 0) is 14.3 Å². The van der Waals surface area contributed by atoms with Gasteiger partial charge in [0, 0.05) is 19.0 Å². The van der Waals surface area contributed by atoms with Crippen molar-refractivity contribution in [1.82, 2.24) is 10.2 Å². The molecule has 0 saturated heterocycles. The lowest BCUT2D eigenvalue weighted by Crippen LogP contribution is -2.46. The molecule has 1 N–H and O–H groups in total. The molecule has 2 rings (SSSR count). The van der Waals surface area contributed by atoms with E-state index in [1.54, 1.807) is 0 Å². The van der Waals surface area contributed by atoms with Gasteiger partial charge in [0.05, 0.1) is 30.3 Å². The van der Waals surface area contributed by atoms with E-state index in [2.05, 4.69) is 5.32 Å². The molecule has 8 nitrogen and oxygen atoms in total. The Bertz CT molecular complexity index is 760. The van der Waals surface area contributed by atoms with Crippen LogP contribution in [0.4, 0.5) is 0 Å². The molecule has 0 aromatic heterocycles. The van der Waals surface area contributed by atoms with Gasteiger partial charge >= 0.3 is 5.97 Å². The summed E-state index contributed by atoms with van der Waals surface area (Å²) in [6.45, 7) is 5.81. The highest BCUT2D eigenvalue weighted by Crippen LogP contribution is 2.38. The molecule has 1 aliphatic heterocycles. The van der Waals surface area contributed by atoms with E-state index in [-0.39, 0.29) is 23.0 Å². The van der Waals surface area contributed by atoms with Gasteiger partial charge < -0.3 is 24.4 Å². The molecular formula is C19H25ClN2O6. The summed E-state index contributed by atoms with van der Waals surface area (Å²) in [4.78, 5) is 37.5. The lowest BCUT2D eigenvalue weighted by atomic mass is 10.1. The second-order valence-electron chi connectivity index (χ2n) is 7.46. The second kappa shape index (κ2) is 9.14. The molecule has 154 valence electrons. The van der Waals surface area contributed by atoms with Crippen molar-refractivity contribution in [2.75, 3.05) is 33.4 Å². The lowest BCUT2D eigenvalue weighted by Gasteiger charge is -2.23. The summed E-state index contributed by atoms with van der Waals surface area (Å²) in [6.07, 6.45) is 0.703. The number of halogens is 1. The van der Waals surface area contributed by atoms with E-state index in [1.165, 1.54) is 24.1 Å². The van der Waals surface area contributed by atoms with Crippen molar-refractivity contribution in [2.24, 2.45) is 0 Å². The Hall–Kier alpha value is -2.48. The third-order valence-electron chi connectivity index (χ3n) is 3.69. The number of nitrogens with zero attached hydrogens (tertiary/aromatic N) is 1. The minimum atomic E-state index is -0.724. The first-order chi connectivity index (χ1) is 13.1. The summed E-state index contributed by atoms with van der Waals surface area (Å²) in [6, 6.07) is 2.88. The van der Waals surface area contributed by atoms with Crippen LogP contribution in [0.3, 0.4) is 0 Å². The van der Waals surface area contributed by atoms with Gasteiger partial charge in [0.15, 0.2) is 18.1 Å². The standard InChI is InChI=1S/C19H25ClN2O6/c1-19(2,3)21-15(23)10-22(4)16(24)11-28-18(25)12-8-13(20)17-14(9-12)26-6-5-7-27-17/h8-9H,5-7,10-11H2,1-4H3,(H,21,23). The number of hydrogen-bond donors (Lipinski definition) is 1. The fraction of sp³-hybridized carbons (Fsp3) is 0.526. The molecule has 28 heavy (non-hydrogen) atoms. The van der Waals surface area contributed by atoms with Crippen LogP contribution in [0.5, 0.6) is 11.5 Å². The number of esters is 1. The Morgan fingerprint density at radius 3 is 2.57 bits per heavy atom. The van der Waals surface area contributed by atoms with Crippen molar-refractivity contribution in [3.63, 3.8) is 0 Å². The summed E-state index contributed by atoms with van der Waals surface area (Å²) in [5.41, 5.74) is -0.251. The molecule has 0 unspecified atom stereocenters. The molecule has 1 heterocycles. The fourth-order valence-electron chi connectivity index (χ4n) is 2.43. The highest BCUT2D eigenvalue weighted by Gasteiger charge is 2.21. The number of carbonyl (C=O) groups is 3. The van der Waals surface area contributed by atoms with Gasteiger partial charge in [0.2, 0.25) is 5.91 Å². The molecule has 0 fully saturated rings. The van der Waals surface area contributed by atoms with Crippen molar-refractivity contribution in [2.45, 2.75) is 32.7 Å². The number of nitrogens with one attached hydrogen (secondary N) is 1. The number of benzene rings is 1. The quantitative estimate of drug-likeness (QED) is 0.743. The average molecular weight is 413 g/mol. The molecule has 9 heteroatoms. The third kappa shape index (κ3) is 6.30. The van der Waals surface area contributed by atoms with Gasteiger partial charge in [-0.15, -0.1) is 0 Å². The van der Waals surface area contributed by atoms with Crippen LogP contribution in [0.1, 0.15) is 37.6 Å². The number of hydrogen-bond acceptors (Lipinski definition) is 6. The first-order valence-electron chi connectivity index (χ1n) is 8.88. The molecule has 0 bridgehead atoms. The van der Waals surface area contributed by atoms with Gasteiger partial charge in [-0.1, -0.05) is 11.6 Å². The molecule has 0 aliphatic carbocycles. The molecule has 1 aliphatic rings. The lowest BCUT2D eigenvalue weighted by molar-refractivity contribution is -0.137. The molecule has 1 aromatic carbocycles. The van der Waals surface area contributed by atoms with Crippen molar-refractivity contribution in [1.29, 1.82) is 0 Å². The maximum absolute atomic E-state index is 12.3. The molecule has 1 aromatic rings. The van der Waals surface area contributed by atoms with Gasteiger partial charge in [0.25, 0.3) is 5.91 Å². The molecule has 0 spiro atoms. The Morgan fingerprint density at radius 2 is 1.89 bits per heavy atom. The van der Waals surface area contributed by atoms with Crippen LogP contribution in [0, 0.1) is 0 Å². The predicted molar refractivity (Wildman–Crippen MR) is 103 cm³/mol. The van der Waals surface area contributed by atoms with E-state index >= 15 is 0 Å². The van der Waals surface area contributed by atoms with Gasteiger partial charge in [0.1, 0.15) is 0 Å². The highest BCUT2D eigenvalue weighted by molar-refractivity contribution is 6.32. The summed E-state index contributed by atoms with van der Waals surface area (Å²) in [5, 5.41) is 2.99. The molecule has 0 saturated carbocycles. The largest absolute Gasteiger partial charge is 0.489 e. The number of carbonyl (C=O) groups excluding carboxylic acids is 3. The first-order valence-corrected chi connectivity index (χ1v) is 9.26. The van der Waals surface area contributed by atoms with Crippen molar-refractivity contribution >= 4 is 29.4 Å². The van der Waals surface area contributed by atoms with E-state index in [9.17, 15) is 14.4 Å². The minimum absolute atomic E-state index is 0.135. The number of fused-ring (bicyclic) bond motifs is 1. The predicted octanol–water partition coefficient (Wildman–Crippen LogP) is 2.03. The van der Waals surface area contributed by atoms with Crippen LogP contribution in [-0.4, -0.2) is 61.6 Å². The fourth-order valence-corrected chi connectivity index (χ4v) is 2.70. The van der Waals surface area contributed by atoms with Crippen LogP contribution in [0.25, 0.3) is 0 Å². The van der Waals surface area contributed by atoms with Crippen molar-refractivity contribution in [3.8, 4) is 11.5 Å². The summed E-state index contributed by atoms with van der Waals surface area (Å²) >= 11 is 6.15. The maximum Gasteiger partial charge on any atom is 0.338 e. The smallest absolute Gasteiger partial charge is 0.338 e. The van der Waals surface area contributed by atoms with E-state index in [0.29, 0.717) is 31.1 Å².